The molecule has 2 fully saturated rings. The van der Waals surface area contributed by atoms with E-state index in [-0.39, 0.29) is 17.6 Å². The second-order valence-electron chi connectivity index (χ2n) is 6.71. The van der Waals surface area contributed by atoms with E-state index >= 15 is 0 Å². The quantitative estimate of drug-likeness (QED) is 0.815. The first-order valence-corrected chi connectivity index (χ1v) is 8.31. The molecule has 2 nitrogen and oxygen atoms in total. The van der Waals surface area contributed by atoms with Crippen molar-refractivity contribution in [3.63, 3.8) is 0 Å². The van der Waals surface area contributed by atoms with E-state index in [4.69, 9.17) is 0 Å². The van der Waals surface area contributed by atoms with Crippen LogP contribution < -0.4 is 4.90 Å². The van der Waals surface area contributed by atoms with Crippen molar-refractivity contribution < 1.29 is 9.18 Å². The van der Waals surface area contributed by atoms with Gasteiger partial charge in [0.25, 0.3) is 0 Å². The van der Waals surface area contributed by atoms with Crippen LogP contribution >= 0.6 is 0 Å². The summed E-state index contributed by atoms with van der Waals surface area (Å²) in [4.78, 5) is 14.5. The van der Waals surface area contributed by atoms with Crippen LogP contribution in [0.3, 0.4) is 0 Å². The van der Waals surface area contributed by atoms with Gasteiger partial charge in [-0.3, -0.25) is 4.79 Å². The van der Waals surface area contributed by atoms with E-state index in [9.17, 15) is 9.18 Å². The number of carbonyl (C=O) groups is 1. The highest BCUT2D eigenvalue weighted by atomic mass is 19.1. The summed E-state index contributed by atoms with van der Waals surface area (Å²) in [6, 6.07) is 13.5. The highest BCUT2D eigenvalue weighted by molar-refractivity contribution is 6.00. The molecule has 0 aromatic heterocycles. The lowest BCUT2D eigenvalue weighted by atomic mass is 9.95. The predicted molar refractivity (Wildman–Crippen MR) is 89.3 cm³/mol. The summed E-state index contributed by atoms with van der Waals surface area (Å²) in [7, 11) is 0. The monoisotopic (exact) mass is 309 g/mol. The van der Waals surface area contributed by atoms with Gasteiger partial charge in [-0.05, 0) is 60.9 Å². The number of rotatable bonds is 3. The van der Waals surface area contributed by atoms with Crippen molar-refractivity contribution in [2.45, 2.75) is 38.0 Å². The highest BCUT2D eigenvalue weighted by Gasteiger charge is 2.34. The highest BCUT2D eigenvalue weighted by Crippen LogP contribution is 2.41. The van der Waals surface area contributed by atoms with Gasteiger partial charge in [0.2, 0.25) is 5.91 Å². The van der Waals surface area contributed by atoms with Crippen LogP contribution in [0.4, 0.5) is 10.1 Å². The Morgan fingerprint density at radius 3 is 2.57 bits per heavy atom. The van der Waals surface area contributed by atoms with E-state index in [0.29, 0.717) is 23.7 Å². The van der Waals surface area contributed by atoms with Gasteiger partial charge in [-0.25, -0.2) is 4.39 Å². The molecule has 118 valence electrons. The fourth-order valence-corrected chi connectivity index (χ4v) is 3.44. The minimum atomic E-state index is -0.255. The average molecular weight is 309 g/mol. The first-order valence-electron chi connectivity index (χ1n) is 8.31. The minimum Gasteiger partial charge on any atom is -0.312 e. The molecule has 1 saturated heterocycles. The van der Waals surface area contributed by atoms with Crippen LogP contribution in [-0.2, 0) is 4.79 Å². The maximum atomic E-state index is 13.8. The van der Waals surface area contributed by atoms with E-state index in [1.807, 2.05) is 12.1 Å². The Morgan fingerprint density at radius 2 is 1.83 bits per heavy atom. The van der Waals surface area contributed by atoms with Gasteiger partial charge in [0.05, 0.1) is 5.92 Å². The number of halogens is 1. The standard InChI is InChI=1S/C20H20FNO/c1-13-5-8-17(12-19(13)21)22-10-9-18(20(22)23)16-4-2-3-15(11-16)14-6-7-14/h2-5,8,11-12,14,18H,6-7,9-10H2,1H3. The number of anilines is 1. The van der Waals surface area contributed by atoms with Crippen molar-refractivity contribution in [2.75, 3.05) is 11.4 Å². The van der Waals surface area contributed by atoms with Crippen molar-refractivity contribution in [2.24, 2.45) is 0 Å². The van der Waals surface area contributed by atoms with Crippen LogP contribution in [0.2, 0.25) is 0 Å². The van der Waals surface area contributed by atoms with E-state index in [2.05, 4.69) is 18.2 Å². The number of carbonyl (C=O) groups excluding carboxylic acids is 1. The largest absolute Gasteiger partial charge is 0.312 e. The average Bonchev–Trinajstić information content (AvgIpc) is 3.33. The van der Waals surface area contributed by atoms with Gasteiger partial charge in [0.15, 0.2) is 0 Å². The lowest BCUT2D eigenvalue weighted by Crippen LogP contribution is -2.26. The maximum absolute atomic E-state index is 13.8. The number of aryl methyl sites for hydroxylation is 1. The van der Waals surface area contributed by atoms with E-state index in [0.717, 1.165) is 12.0 Å². The summed E-state index contributed by atoms with van der Waals surface area (Å²) in [6.07, 6.45) is 3.32. The summed E-state index contributed by atoms with van der Waals surface area (Å²) < 4.78 is 13.8. The number of amides is 1. The maximum Gasteiger partial charge on any atom is 0.234 e. The molecule has 1 saturated carbocycles. The smallest absolute Gasteiger partial charge is 0.234 e. The van der Waals surface area contributed by atoms with Crippen LogP contribution in [0, 0.1) is 12.7 Å². The first-order chi connectivity index (χ1) is 11.1. The summed E-state index contributed by atoms with van der Waals surface area (Å²) >= 11 is 0. The molecule has 0 radical (unpaired) electrons. The zero-order chi connectivity index (χ0) is 16.0. The molecule has 2 aromatic carbocycles. The van der Waals surface area contributed by atoms with Crippen LogP contribution in [0.1, 0.15) is 47.8 Å². The van der Waals surface area contributed by atoms with Crippen LogP contribution in [0.25, 0.3) is 0 Å². The molecule has 1 aliphatic heterocycles. The topological polar surface area (TPSA) is 20.3 Å². The number of hydrogen-bond acceptors (Lipinski definition) is 1. The van der Waals surface area contributed by atoms with Crippen LogP contribution in [0.5, 0.6) is 0 Å². The number of benzene rings is 2. The second kappa shape index (κ2) is 5.48. The van der Waals surface area contributed by atoms with Crippen molar-refractivity contribution in [3.8, 4) is 0 Å². The molecule has 1 aliphatic carbocycles. The fraction of sp³-hybridized carbons (Fsp3) is 0.350. The third-order valence-corrected chi connectivity index (χ3v) is 5.03. The van der Waals surface area contributed by atoms with Crippen LogP contribution in [0.15, 0.2) is 42.5 Å². The molecule has 23 heavy (non-hydrogen) atoms. The molecule has 1 unspecified atom stereocenters. The number of nitrogens with zero attached hydrogens (tertiary/aromatic N) is 1. The van der Waals surface area contributed by atoms with Gasteiger partial charge in [-0.2, -0.15) is 0 Å². The Kier molecular flexibility index (Phi) is 3.44. The molecule has 2 aliphatic rings. The van der Waals surface area contributed by atoms with Gasteiger partial charge < -0.3 is 4.90 Å². The summed E-state index contributed by atoms with van der Waals surface area (Å²) in [6.45, 7) is 2.39. The Balaban J connectivity index is 1.59. The molecule has 1 heterocycles. The van der Waals surface area contributed by atoms with Gasteiger partial charge in [-0.1, -0.05) is 30.3 Å². The van der Waals surface area contributed by atoms with Crippen molar-refractivity contribution in [1.82, 2.24) is 0 Å². The Labute approximate surface area is 135 Å². The molecule has 0 spiro atoms. The second-order valence-corrected chi connectivity index (χ2v) is 6.71. The molecular formula is C20H20FNO. The first kappa shape index (κ1) is 14.4. The lowest BCUT2D eigenvalue weighted by molar-refractivity contribution is -0.118. The molecule has 0 bridgehead atoms. The van der Waals surface area contributed by atoms with E-state index < -0.39 is 0 Å². The zero-order valence-corrected chi connectivity index (χ0v) is 13.3. The zero-order valence-electron chi connectivity index (χ0n) is 13.3. The SMILES string of the molecule is Cc1ccc(N2CCC(c3cccc(C4CC4)c3)C2=O)cc1F. The van der Waals surface area contributed by atoms with E-state index in [1.165, 1.54) is 24.5 Å². The van der Waals surface area contributed by atoms with Gasteiger partial charge in [0.1, 0.15) is 5.82 Å². The molecule has 1 amide bonds. The van der Waals surface area contributed by atoms with Gasteiger partial charge in [-0.15, -0.1) is 0 Å². The fourth-order valence-electron chi connectivity index (χ4n) is 3.44. The Hall–Kier alpha value is -2.16. The van der Waals surface area contributed by atoms with E-state index in [1.54, 1.807) is 17.9 Å². The molecule has 1 atom stereocenters. The summed E-state index contributed by atoms with van der Waals surface area (Å²) in [5, 5.41) is 0. The lowest BCUT2D eigenvalue weighted by Gasteiger charge is -2.18. The van der Waals surface area contributed by atoms with Crippen LogP contribution in [-0.4, -0.2) is 12.5 Å². The molecule has 3 heteroatoms. The molecular weight excluding hydrogens is 289 g/mol. The third-order valence-electron chi connectivity index (χ3n) is 5.03. The molecule has 2 aromatic rings. The Bertz CT molecular complexity index is 766. The van der Waals surface area contributed by atoms with Crippen molar-refractivity contribution in [1.29, 1.82) is 0 Å². The van der Waals surface area contributed by atoms with Crippen molar-refractivity contribution >= 4 is 11.6 Å². The van der Waals surface area contributed by atoms with Crippen molar-refractivity contribution in [3.05, 3.63) is 65.0 Å². The summed E-state index contributed by atoms with van der Waals surface area (Å²) in [5.74, 6) is 0.419. The summed E-state index contributed by atoms with van der Waals surface area (Å²) in [5.41, 5.74) is 3.73. The predicted octanol–water partition coefficient (Wildman–Crippen LogP) is 4.53. The van der Waals surface area contributed by atoms with Gasteiger partial charge in [0, 0.05) is 12.2 Å². The van der Waals surface area contributed by atoms with Gasteiger partial charge >= 0.3 is 0 Å². The molecule has 4 rings (SSSR count). The third kappa shape index (κ3) is 2.65. The minimum absolute atomic E-state index is 0.0844. The number of hydrogen-bond donors (Lipinski definition) is 0. The normalized spacial score (nSPS) is 21.0. The molecule has 0 N–H and O–H groups in total. The Morgan fingerprint density at radius 1 is 1.04 bits per heavy atom.